The number of nitrogens with zero attached hydrogens (tertiary/aromatic N) is 1. The van der Waals surface area contributed by atoms with E-state index in [0.29, 0.717) is 12.1 Å². The summed E-state index contributed by atoms with van der Waals surface area (Å²) >= 11 is 1.64. The lowest BCUT2D eigenvalue weighted by atomic mass is 9.98. The number of benzene rings is 1. The van der Waals surface area contributed by atoms with Gasteiger partial charge in [-0.15, -0.1) is 11.3 Å². The van der Waals surface area contributed by atoms with E-state index in [1.54, 1.807) is 11.3 Å². The molecule has 0 amide bonds. The number of pyridine rings is 1. The van der Waals surface area contributed by atoms with Gasteiger partial charge in [0, 0.05) is 17.7 Å². The van der Waals surface area contributed by atoms with E-state index in [1.165, 1.54) is 5.56 Å². The van der Waals surface area contributed by atoms with Gasteiger partial charge in [0.25, 0.3) is 5.56 Å². The van der Waals surface area contributed by atoms with Crippen LogP contribution in [0, 0.1) is 0 Å². The molecule has 1 aliphatic heterocycles. The van der Waals surface area contributed by atoms with Crippen LogP contribution in [0.5, 0.6) is 0 Å². The molecule has 4 heteroatoms. The SMILES string of the molecule is O=c1c(-c2ccccc2)cc(CO)c2n1CCc1ccsc1-2. The van der Waals surface area contributed by atoms with Crippen molar-refractivity contribution in [1.82, 2.24) is 4.57 Å². The van der Waals surface area contributed by atoms with E-state index in [9.17, 15) is 9.90 Å². The smallest absolute Gasteiger partial charge is 0.258 e. The number of hydrogen-bond acceptors (Lipinski definition) is 3. The summed E-state index contributed by atoms with van der Waals surface area (Å²) in [6.45, 7) is 0.609. The molecule has 2 aromatic heterocycles. The zero-order valence-electron chi connectivity index (χ0n) is 12.0. The van der Waals surface area contributed by atoms with Gasteiger partial charge in [-0.05, 0) is 35.1 Å². The van der Waals surface area contributed by atoms with E-state index in [4.69, 9.17) is 0 Å². The van der Waals surface area contributed by atoms with Crippen LogP contribution in [0.15, 0.2) is 52.6 Å². The number of aromatic nitrogens is 1. The summed E-state index contributed by atoms with van der Waals surface area (Å²) in [5.41, 5.74) is 4.57. The predicted molar refractivity (Wildman–Crippen MR) is 89.1 cm³/mol. The number of rotatable bonds is 2. The Bertz CT molecular complexity index is 893. The number of aryl methyl sites for hydroxylation is 1. The number of aliphatic hydroxyl groups excluding tert-OH is 1. The Morgan fingerprint density at radius 3 is 2.77 bits per heavy atom. The molecule has 1 aliphatic rings. The minimum Gasteiger partial charge on any atom is -0.392 e. The first kappa shape index (κ1) is 13.5. The van der Waals surface area contributed by atoms with Gasteiger partial charge in [-0.2, -0.15) is 0 Å². The molecule has 22 heavy (non-hydrogen) atoms. The first-order chi connectivity index (χ1) is 10.8. The van der Waals surface area contributed by atoms with Gasteiger partial charge < -0.3 is 9.67 Å². The minimum atomic E-state index is -0.0627. The Balaban J connectivity index is 2.03. The van der Waals surface area contributed by atoms with Crippen molar-refractivity contribution in [2.75, 3.05) is 0 Å². The fraction of sp³-hybridized carbons (Fsp3) is 0.167. The largest absolute Gasteiger partial charge is 0.392 e. The molecule has 0 atom stereocenters. The molecule has 0 saturated heterocycles. The zero-order valence-corrected chi connectivity index (χ0v) is 12.8. The lowest BCUT2D eigenvalue weighted by Crippen LogP contribution is -2.28. The van der Waals surface area contributed by atoms with E-state index in [-0.39, 0.29) is 12.2 Å². The van der Waals surface area contributed by atoms with Gasteiger partial charge >= 0.3 is 0 Å². The van der Waals surface area contributed by atoms with Gasteiger partial charge in [0.2, 0.25) is 0 Å². The third-order valence-electron chi connectivity index (χ3n) is 4.19. The van der Waals surface area contributed by atoms with Crippen LogP contribution in [0.1, 0.15) is 11.1 Å². The van der Waals surface area contributed by atoms with Crippen LogP contribution in [0.4, 0.5) is 0 Å². The average molecular weight is 309 g/mol. The third-order valence-corrected chi connectivity index (χ3v) is 5.15. The molecule has 3 heterocycles. The maximum Gasteiger partial charge on any atom is 0.258 e. The minimum absolute atomic E-state index is 0.0254. The Hall–Kier alpha value is -2.17. The molecule has 3 aromatic rings. The molecule has 1 N–H and O–H groups in total. The fourth-order valence-corrected chi connectivity index (χ4v) is 4.17. The Morgan fingerprint density at radius 1 is 1.18 bits per heavy atom. The van der Waals surface area contributed by atoms with Gasteiger partial charge in [-0.25, -0.2) is 0 Å². The molecule has 0 unspecified atom stereocenters. The molecule has 0 spiro atoms. The summed E-state index contributed by atoms with van der Waals surface area (Å²) in [6, 6.07) is 13.6. The van der Waals surface area contributed by atoms with Crippen molar-refractivity contribution in [2.45, 2.75) is 19.6 Å². The van der Waals surface area contributed by atoms with Gasteiger partial charge in [0.15, 0.2) is 0 Å². The van der Waals surface area contributed by atoms with Crippen molar-refractivity contribution in [3.63, 3.8) is 0 Å². The van der Waals surface area contributed by atoms with Crippen molar-refractivity contribution in [3.05, 3.63) is 69.3 Å². The monoisotopic (exact) mass is 309 g/mol. The summed E-state index contributed by atoms with van der Waals surface area (Å²) in [5.74, 6) is 0. The summed E-state index contributed by atoms with van der Waals surface area (Å²) < 4.78 is 1.83. The van der Waals surface area contributed by atoms with Crippen molar-refractivity contribution >= 4 is 11.3 Å². The molecule has 0 saturated carbocycles. The second-order valence-electron chi connectivity index (χ2n) is 5.44. The van der Waals surface area contributed by atoms with E-state index < -0.39 is 0 Å². The van der Waals surface area contributed by atoms with Crippen LogP contribution < -0.4 is 5.56 Å². The second kappa shape index (κ2) is 5.23. The quantitative estimate of drug-likeness (QED) is 0.789. The van der Waals surface area contributed by atoms with Crippen molar-refractivity contribution in [2.24, 2.45) is 0 Å². The maximum atomic E-state index is 12.9. The molecular formula is C18H15NO2S. The molecule has 4 rings (SSSR count). The summed E-state index contributed by atoms with van der Waals surface area (Å²) in [5, 5.41) is 11.9. The fourth-order valence-electron chi connectivity index (χ4n) is 3.12. The van der Waals surface area contributed by atoms with Crippen LogP contribution >= 0.6 is 11.3 Å². The number of aliphatic hydroxyl groups is 1. The van der Waals surface area contributed by atoms with Crippen LogP contribution in [-0.4, -0.2) is 9.67 Å². The van der Waals surface area contributed by atoms with Gasteiger partial charge in [-0.1, -0.05) is 30.3 Å². The van der Waals surface area contributed by atoms with Crippen LogP contribution in [0.3, 0.4) is 0 Å². The van der Waals surface area contributed by atoms with Crippen LogP contribution in [-0.2, 0) is 19.6 Å². The Morgan fingerprint density at radius 2 is 2.00 bits per heavy atom. The number of thiophene rings is 1. The standard InChI is InChI=1S/C18H15NO2S/c20-11-14-10-15(12-4-2-1-3-5-12)18(21)19-8-6-13-7-9-22-17(13)16(14)19/h1-5,7,9-10,20H,6,8,11H2. The lowest BCUT2D eigenvalue weighted by Gasteiger charge is -2.22. The van der Waals surface area contributed by atoms with Crippen molar-refractivity contribution in [3.8, 4) is 21.7 Å². The zero-order chi connectivity index (χ0) is 15.1. The summed E-state index contributed by atoms with van der Waals surface area (Å²) in [4.78, 5) is 14.0. The highest BCUT2D eigenvalue weighted by atomic mass is 32.1. The molecule has 0 bridgehead atoms. The van der Waals surface area contributed by atoms with Gasteiger partial charge in [0.1, 0.15) is 0 Å². The molecule has 3 nitrogen and oxygen atoms in total. The van der Waals surface area contributed by atoms with E-state index in [0.717, 1.165) is 28.1 Å². The highest BCUT2D eigenvalue weighted by molar-refractivity contribution is 7.13. The normalized spacial score (nSPS) is 12.8. The van der Waals surface area contributed by atoms with E-state index >= 15 is 0 Å². The highest BCUT2D eigenvalue weighted by Crippen LogP contribution is 2.36. The second-order valence-corrected chi connectivity index (χ2v) is 6.35. The Kier molecular flexibility index (Phi) is 3.21. The number of hydrogen-bond donors (Lipinski definition) is 1. The predicted octanol–water partition coefficient (Wildman–Crippen LogP) is 3.29. The van der Waals surface area contributed by atoms with Gasteiger partial charge in [0.05, 0.1) is 17.2 Å². The first-order valence-corrected chi connectivity index (χ1v) is 8.17. The molecule has 0 aliphatic carbocycles. The molecular weight excluding hydrogens is 294 g/mol. The Labute approximate surface area is 132 Å². The van der Waals surface area contributed by atoms with Crippen LogP contribution in [0.25, 0.3) is 21.7 Å². The maximum absolute atomic E-state index is 12.9. The average Bonchev–Trinajstić information content (AvgIpc) is 3.05. The molecule has 0 fully saturated rings. The summed E-state index contributed by atoms with van der Waals surface area (Å²) in [6.07, 6.45) is 0.870. The van der Waals surface area contributed by atoms with E-state index in [2.05, 4.69) is 11.4 Å². The summed E-state index contributed by atoms with van der Waals surface area (Å²) in [7, 11) is 0. The van der Waals surface area contributed by atoms with Crippen molar-refractivity contribution < 1.29 is 5.11 Å². The van der Waals surface area contributed by atoms with E-state index in [1.807, 2.05) is 41.0 Å². The van der Waals surface area contributed by atoms with Crippen molar-refractivity contribution in [1.29, 1.82) is 0 Å². The first-order valence-electron chi connectivity index (χ1n) is 7.29. The molecule has 1 aromatic carbocycles. The van der Waals surface area contributed by atoms with Gasteiger partial charge in [-0.3, -0.25) is 4.79 Å². The molecule has 0 radical (unpaired) electrons. The topological polar surface area (TPSA) is 42.2 Å². The highest BCUT2D eigenvalue weighted by Gasteiger charge is 2.23. The van der Waals surface area contributed by atoms with Crippen LogP contribution in [0.2, 0.25) is 0 Å². The lowest BCUT2D eigenvalue weighted by molar-refractivity contribution is 0.281. The number of fused-ring (bicyclic) bond motifs is 3. The molecule has 110 valence electrons. The third kappa shape index (κ3) is 1.95.